The summed E-state index contributed by atoms with van der Waals surface area (Å²) >= 11 is 0. The number of piperidine rings is 1. The van der Waals surface area contributed by atoms with Gasteiger partial charge in [0.15, 0.2) is 5.82 Å². The van der Waals surface area contributed by atoms with E-state index in [9.17, 15) is 4.79 Å². The number of aryl methyl sites for hydroxylation is 1. The Morgan fingerprint density at radius 3 is 2.86 bits per heavy atom. The van der Waals surface area contributed by atoms with Crippen molar-refractivity contribution in [3.05, 3.63) is 11.6 Å². The molecule has 3 heterocycles. The lowest BCUT2D eigenvalue weighted by molar-refractivity contribution is -0.132. The third-order valence-electron chi connectivity index (χ3n) is 4.48. The van der Waals surface area contributed by atoms with Gasteiger partial charge >= 0.3 is 0 Å². The zero-order chi connectivity index (χ0) is 14.8. The van der Waals surface area contributed by atoms with Gasteiger partial charge in [-0.05, 0) is 19.3 Å². The summed E-state index contributed by atoms with van der Waals surface area (Å²) < 4.78 is 2.14. The zero-order valence-electron chi connectivity index (χ0n) is 12.7. The van der Waals surface area contributed by atoms with Gasteiger partial charge in [-0.1, -0.05) is 0 Å². The van der Waals surface area contributed by atoms with Gasteiger partial charge in [-0.3, -0.25) is 9.69 Å². The topological polar surface area (TPSA) is 80.3 Å². The van der Waals surface area contributed by atoms with Crippen molar-refractivity contribution in [2.75, 3.05) is 26.7 Å². The summed E-state index contributed by atoms with van der Waals surface area (Å²) in [6.45, 7) is 3.83. The molecule has 0 saturated carbocycles. The number of rotatable bonds is 4. The summed E-state index contributed by atoms with van der Waals surface area (Å²) in [6.07, 6.45) is 4.09. The largest absolute Gasteiger partial charge is 0.337 e. The van der Waals surface area contributed by atoms with Gasteiger partial charge in [0.05, 0.1) is 13.1 Å². The van der Waals surface area contributed by atoms with Crippen LogP contribution in [0.2, 0.25) is 0 Å². The van der Waals surface area contributed by atoms with Gasteiger partial charge in [-0.15, -0.1) is 10.2 Å². The fourth-order valence-corrected chi connectivity index (χ4v) is 3.05. The molecule has 3 rings (SSSR count). The van der Waals surface area contributed by atoms with Crippen LogP contribution in [0.15, 0.2) is 0 Å². The number of likely N-dealkylation sites (tertiary alicyclic amines) is 1. The van der Waals surface area contributed by atoms with Crippen molar-refractivity contribution in [1.29, 1.82) is 0 Å². The maximum absolute atomic E-state index is 12.3. The molecule has 0 aliphatic carbocycles. The number of likely N-dealkylation sites (N-methyl/N-ethyl adjacent to an activating group) is 1. The van der Waals surface area contributed by atoms with Crippen LogP contribution in [0.4, 0.5) is 0 Å². The molecule has 116 valence electrons. The Bertz CT molecular complexity index is 506. The lowest BCUT2D eigenvalue weighted by atomic mass is 10.1. The molecule has 2 aliphatic rings. The van der Waals surface area contributed by atoms with Crippen molar-refractivity contribution in [2.24, 2.45) is 5.73 Å². The molecule has 0 bridgehead atoms. The van der Waals surface area contributed by atoms with Crippen molar-refractivity contribution < 1.29 is 4.79 Å². The molecular formula is C14H24N6O. The van der Waals surface area contributed by atoms with Crippen LogP contribution in [0.5, 0.6) is 0 Å². The van der Waals surface area contributed by atoms with Crippen molar-refractivity contribution >= 4 is 5.91 Å². The molecular weight excluding hydrogens is 268 g/mol. The predicted octanol–water partition coefficient (Wildman–Crippen LogP) is -0.394. The Kier molecular flexibility index (Phi) is 4.21. The maximum atomic E-state index is 12.3. The summed E-state index contributed by atoms with van der Waals surface area (Å²) in [5.41, 5.74) is 5.89. The molecule has 2 N–H and O–H groups in total. The first-order valence-corrected chi connectivity index (χ1v) is 7.76. The molecule has 0 spiro atoms. The van der Waals surface area contributed by atoms with Gasteiger partial charge in [-0.2, -0.15) is 0 Å². The molecule has 1 amide bonds. The second-order valence-corrected chi connectivity index (χ2v) is 6.15. The van der Waals surface area contributed by atoms with Crippen LogP contribution in [-0.4, -0.2) is 63.2 Å². The van der Waals surface area contributed by atoms with E-state index in [1.807, 2.05) is 7.05 Å². The number of hydrogen-bond acceptors (Lipinski definition) is 5. The first-order chi connectivity index (χ1) is 10.1. The van der Waals surface area contributed by atoms with Gasteiger partial charge in [0.25, 0.3) is 0 Å². The second-order valence-electron chi connectivity index (χ2n) is 6.15. The summed E-state index contributed by atoms with van der Waals surface area (Å²) in [6, 6.07) is 0.299. The molecule has 21 heavy (non-hydrogen) atoms. The van der Waals surface area contributed by atoms with Crippen LogP contribution in [0.3, 0.4) is 0 Å². The number of carbonyl (C=O) groups is 1. The number of nitrogens with zero attached hydrogens (tertiary/aromatic N) is 5. The van der Waals surface area contributed by atoms with Crippen LogP contribution in [-0.2, 0) is 24.3 Å². The first kappa shape index (κ1) is 14.5. The maximum Gasteiger partial charge on any atom is 0.236 e. The van der Waals surface area contributed by atoms with Crippen LogP contribution in [0, 0.1) is 0 Å². The van der Waals surface area contributed by atoms with E-state index in [-0.39, 0.29) is 5.91 Å². The van der Waals surface area contributed by atoms with Crippen LogP contribution in [0.1, 0.15) is 30.9 Å². The van der Waals surface area contributed by atoms with Gasteiger partial charge in [-0.25, -0.2) is 0 Å². The normalized spacial score (nSPS) is 19.7. The Morgan fingerprint density at radius 1 is 1.33 bits per heavy atom. The quantitative estimate of drug-likeness (QED) is 0.817. The molecule has 0 radical (unpaired) electrons. The molecule has 1 saturated heterocycles. The van der Waals surface area contributed by atoms with E-state index in [1.54, 1.807) is 4.90 Å². The van der Waals surface area contributed by atoms with E-state index in [0.717, 1.165) is 57.0 Å². The summed E-state index contributed by atoms with van der Waals surface area (Å²) in [4.78, 5) is 16.3. The predicted molar refractivity (Wildman–Crippen MR) is 78.5 cm³/mol. The van der Waals surface area contributed by atoms with E-state index >= 15 is 0 Å². The minimum atomic E-state index is 0.140. The molecule has 2 aliphatic heterocycles. The average molecular weight is 292 g/mol. The summed E-state index contributed by atoms with van der Waals surface area (Å²) in [5, 5.41) is 8.39. The lowest BCUT2D eigenvalue weighted by Crippen LogP contribution is -2.44. The van der Waals surface area contributed by atoms with Crippen molar-refractivity contribution in [1.82, 2.24) is 24.6 Å². The van der Waals surface area contributed by atoms with Crippen LogP contribution >= 0.6 is 0 Å². The highest BCUT2D eigenvalue weighted by Crippen LogP contribution is 2.15. The lowest BCUT2D eigenvalue weighted by Gasteiger charge is -2.30. The third-order valence-corrected chi connectivity index (χ3v) is 4.48. The Labute approximate surface area is 125 Å². The molecule has 7 nitrogen and oxygen atoms in total. The fraction of sp³-hybridized carbons (Fsp3) is 0.786. The number of carbonyl (C=O) groups excluding carboxylic acids is 1. The minimum absolute atomic E-state index is 0.140. The SMILES string of the molecule is CN(Cc1nnc2n1CCC2)C(=O)CN1CCC(N)CC1. The smallest absolute Gasteiger partial charge is 0.236 e. The molecule has 7 heteroatoms. The van der Waals surface area contributed by atoms with Crippen LogP contribution < -0.4 is 5.73 Å². The Balaban J connectivity index is 1.52. The second kappa shape index (κ2) is 6.11. The van der Waals surface area contributed by atoms with E-state index in [1.165, 1.54) is 0 Å². The minimum Gasteiger partial charge on any atom is -0.337 e. The fourth-order valence-electron chi connectivity index (χ4n) is 3.05. The van der Waals surface area contributed by atoms with E-state index in [0.29, 0.717) is 19.1 Å². The van der Waals surface area contributed by atoms with E-state index < -0.39 is 0 Å². The molecule has 1 fully saturated rings. The molecule has 0 aromatic carbocycles. The highest BCUT2D eigenvalue weighted by molar-refractivity contribution is 5.77. The zero-order valence-corrected chi connectivity index (χ0v) is 12.7. The Morgan fingerprint density at radius 2 is 2.10 bits per heavy atom. The third kappa shape index (κ3) is 3.24. The van der Waals surface area contributed by atoms with Gasteiger partial charge in [0.2, 0.25) is 5.91 Å². The number of aromatic nitrogens is 3. The first-order valence-electron chi connectivity index (χ1n) is 7.76. The standard InChI is InChI=1S/C14H24N6O/c1-18(9-13-17-16-12-3-2-6-20(12)13)14(21)10-19-7-4-11(15)5-8-19/h11H,2-10,15H2,1H3. The average Bonchev–Trinajstić information content (AvgIpc) is 3.06. The molecule has 1 aromatic heterocycles. The van der Waals surface area contributed by atoms with Gasteiger partial charge in [0.1, 0.15) is 5.82 Å². The molecule has 0 atom stereocenters. The highest BCUT2D eigenvalue weighted by atomic mass is 16.2. The summed E-state index contributed by atoms with van der Waals surface area (Å²) in [7, 11) is 1.84. The highest BCUT2D eigenvalue weighted by Gasteiger charge is 2.22. The Hall–Kier alpha value is -1.47. The van der Waals surface area contributed by atoms with Gasteiger partial charge < -0.3 is 15.2 Å². The number of amides is 1. The van der Waals surface area contributed by atoms with E-state index in [2.05, 4.69) is 19.7 Å². The van der Waals surface area contributed by atoms with Gasteiger partial charge in [0, 0.05) is 39.1 Å². The number of hydrogen-bond donors (Lipinski definition) is 1. The number of fused-ring (bicyclic) bond motifs is 1. The molecule has 0 unspecified atom stereocenters. The van der Waals surface area contributed by atoms with Crippen molar-refractivity contribution in [3.8, 4) is 0 Å². The van der Waals surface area contributed by atoms with Crippen molar-refractivity contribution in [2.45, 2.75) is 44.8 Å². The van der Waals surface area contributed by atoms with E-state index in [4.69, 9.17) is 5.73 Å². The van der Waals surface area contributed by atoms with Crippen LogP contribution in [0.25, 0.3) is 0 Å². The summed E-state index contributed by atoms with van der Waals surface area (Å²) in [5.74, 6) is 2.09. The monoisotopic (exact) mass is 292 g/mol. The van der Waals surface area contributed by atoms with Crippen molar-refractivity contribution in [3.63, 3.8) is 0 Å². The number of nitrogens with two attached hydrogens (primary N) is 1. The molecule has 1 aromatic rings.